The number of benzene rings is 2. The van der Waals surface area contributed by atoms with Crippen molar-refractivity contribution in [2.45, 2.75) is 19.5 Å². The van der Waals surface area contributed by atoms with Crippen molar-refractivity contribution >= 4 is 24.2 Å². The van der Waals surface area contributed by atoms with E-state index in [-0.39, 0.29) is 6.04 Å². The molecular weight excluding hydrogens is 284 g/mol. The van der Waals surface area contributed by atoms with Crippen LogP contribution in [-0.4, -0.2) is 29.1 Å². The Morgan fingerprint density at radius 2 is 1.71 bits per heavy atom. The van der Waals surface area contributed by atoms with Crippen LogP contribution in [0, 0.1) is 0 Å². The summed E-state index contributed by atoms with van der Waals surface area (Å²) in [6.45, 7) is 2.69. The summed E-state index contributed by atoms with van der Waals surface area (Å²) in [5, 5.41) is 19.6. The summed E-state index contributed by atoms with van der Waals surface area (Å²) in [4.78, 5) is 2.13. The van der Waals surface area contributed by atoms with Gasteiger partial charge >= 0.3 is 7.12 Å². The van der Waals surface area contributed by atoms with Crippen LogP contribution in [0.4, 0.5) is 0 Å². The van der Waals surface area contributed by atoms with Crippen molar-refractivity contribution in [2.24, 2.45) is 0 Å². The molecule has 0 aliphatic carbocycles. The van der Waals surface area contributed by atoms with Gasteiger partial charge < -0.3 is 10.0 Å². The molecule has 1 unspecified atom stereocenters. The van der Waals surface area contributed by atoms with E-state index in [2.05, 4.69) is 11.8 Å². The quantitative estimate of drug-likeness (QED) is 0.832. The van der Waals surface area contributed by atoms with Gasteiger partial charge in [0.15, 0.2) is 0 Å². The van der Waals surface area contributed by atoms with Crippen molar-refractivity contribution in [3.8, 4) is 0 Å². The fourth-order valence-electron chi connectivity index (χ4n) is 2.39. The van der Waals surface area contributed by atoms with Gasteiger partial charge in [-0.25, -0.2) is 0 Å². The summed E-state index contributed by atoms with van der Waals surface area (Å²) >= 11 is 6.24. The van der Waals surface area contributed by atoms with Crippen molar-refractivity contribution in [2.75, 3.05) is 7.05 Å². The molecule has 0 heterocycles. The molecule has 0 spiro atoms. The van der Waals surface area contributed by atoms with Crippen molar-refractivity contribution in [3.63, 3.8) is 0 Å². The van der Waals surface area contributed by atoms with Crippen LogP contribution in [0.25, 0.3) is 0 Å². The Bertz CT molecular complexity index is 606. The summed E-state index contributed by atoms with van der Waals surface area (Å²) in [7, 11) is 0.541. The van der Waals surface area contributed by atoms with Crippen LogP contribution < -0.4 is 5.46 Å². The highest BCUT2D eigenvalue weighted by Gasteiger charge is 2.19. The molecule has 0 aliphatic heterocycles. The molecule has 0 saturated carbocycles. The molecule has 5 heteroatoms. The average Bonchev–Trinajstić information content (AvgIpc) is 2.47. The molecule has 0 bridgehead atoms. The Labute approximate surface area is 130 Å². The highest BCUT2D eigenvalue weighted by Crippen LogP contribution is 2.26. The lowest BCUT2D eigenvalue weighted by Crippen LogP contribution is -2.35. The van der Waals surface area contributed by atoms with Crippen LogP contribution in [0.3, 0.4) is 0 Å². The van der Waals surface area contributed by atoms with Gasteiger partial charge in [-0.3, -0.25) is 4.90 Å². The Morgan fingerprint density at radius 1 is 1.10 bits per heavy atom. The number of nitrogens with zero attached hydrogens (tertiary/aromatic N) is 1. The fraction of sp³-hybridized carbons (Fsp3) is 0.250. The summed E-state index contributed by atoms with van der Waals surface area (Å²) in [5.41, 5.74) is 2.49. The third-order valence-electron chi connectivity index (χ3n) is 3.77. The van der Waals surface area contributed by atoms with E-state index >= 15 is 0 Å². The van der Waals surface area contributed by atoms with Crippen LogP contribution in [-0.2, 0) is 6.54 Å². The van der Waals surface area contributed by atoms with Gasteiger partial charge in [-0.05, 0) is 36.6 Å². The van der Waals surface area contributed by atoms with Gasteiger partial charge in [0.1, 0.15) is 0 Å². The molecule has 0 aliphatic rings. The van der Waals surface area contributed by atoms with Gasteiger partial charge in [0.05, 0.1) is 0 Å². The maximum atomic E-state index is 9.43. The SMILES string of the molecule is CC(c1ccccc1Cl)N(C)Cc1ccccc1B(O)O. The zero-order valence-electron chi connectivity index (χ0n) is 12.2. The van der Waals surface area contributed by atoms with Gasteiger partial charge in [0.2, 0.25) is 0 Å². The monoisotopic (exact) mass is 303 g/mol. The molecule has 0 fully saturated rings. The first-order valence-electron chi connectivity index (χ1n) is 6.89. The molecule has 0 amide bonds. The minimum absolute atomic E-state index is 0.127. The van der Waals surface area contributed by atoms with Crippen LogP contribution in [0.15, 0.2) is 48.5 Å². The first-order valence-corrected chi connectivity index (χ1v) is 7.27. The van der Waals surface area contributed by atoms with E-state index in [0.717, 1.165) is 16.1 Å². The molecule has 21 heavy (non-hydrogen) atoms. The predicted octanol–water partition coefficient (Wildman–Crippen LogP) is 2.21. The van der Waals surface area contributed by atoms with E-state index in [1.807, 2.05) is 43.4 Å². The van der Waals surface area contributed by atoms with Crippen molar-refractivity contribution in [1.29, 1.82) is 0 Å². The lowest BCUT2D eigenvalue weighted by molar-refractivity contribution is 0.253. The average molecular weight is 304 g/mol. The summed E-state index contributed by atoms with van der Waals surface area (Å²) in [6, 6.07) is 15.2. The Hall–Kier alpha value is -1.33. The van der Waals surface area contributed by atoms with Gasteiger partial charge in [-0.1, -0.05) is 54.1 Å². The molecule has 0 saturated heterocycles. The maximum Gasteiger partial charge on any atom is 0.488 e. The first-order chi connectivity index (χ1) is 10.0. The van der Waals surface area contributed by atoms with E-state index < -0.39 is 7.12 Å². The molecule has 110 valence electrons. The van der Waals surface area contributed by atoms with Crippen LogP contribution in [0.5, 0.6) is 0 Å². The fourth-order valence-corrected chi connectivity index (χ4v) is 2.68. The van der Waals surface area contributed by atoms with Crippen LogP contribution in [0.1, 0.15) is 24.1 Å². The minimum atomic E-state index is -1.45. The number of rotatable bonds is 5. The molecule has 0 radical (unpaired) electrons. The van der Waals surface area contributed by atoms with Gasteiger partial charge in [0, 0.05) is 17.6 Å². The Kier molecular flexibility index (Phi) is 5.42. The molecule has 2 aromatic carbocycles. The molecular formula is C16H19BClNO2. The second kappa shape index (κ2) is 7.10. The number of halogens is 1. The maximum absolute atomic E-state index is 9.43. The molecule has 2 N–H and O–H groups in total. The molecule has 0 aromatic heterocycles. The zero-order valence-corrected chi connectivity index (χ0v) is 13.0. The number of hydrogen-bond acceptors (Lipinski definition) is 3. The number of hydrogen-bond donors (Lipinski definition) is 2. The Morgan fingerprint density at radius 3 is 2.38 bits per heavy atom. The van der Waals surface area contributed by atoms with Gasteiger partial charge in [-0.15, -0.1) is 0 Å². The van der Waals surface area contributed by atoms with E-state index in [1.54, 1.807) is 12.1 Å². The lowest BCUT2D eigenvalue weighted by Gasteiger charge is -2.26. The third kappa shape index (κ3) is 3.86. The molecule has 2 aromatic rings. The molecule has 1 atom stereocenters. The van der Waals surface area contributed by atoms with Gasteiger partial charge in [-0.2, -0.15) is 0 Å². The highest BCUT2D eigenvalue weighted by molar-refractivity contribution is 6.59. The second-order valence-corrected chi connectivity index (χ2v) is 5.59. The zero-order chi connectivity index (χ0) is 15.4. The summed E-state index contributed by atoms with van der Waals surface area (Å²) in [5.74, 6) is 0. The lowest BCUT2D eigenvalue weighted by atomic mass is 9.77. The van der Waals surface area contributed by atoms with E-state index in [9.17, 15) is 10.0 Å². The predicted molar refractivity (Wildman–Crippen MR) is 87.6 cm³/mol. The standard InChI is InChI=1S/C16H19BClNO2/c1-12(14-8-4-6-10-16(14)18)19(2)11-13-7-3-5-9-15(13)17(20)21/h3-10,12,20-21H,11H2,1-2H3. The summed E-state index contributed by atoms with van der Waals surface area (Å²) in [6.07, 6.45) is 0. The summed E-state index contributed by atoms with van der Waals surface area (Å²) < 4.78 is 0. The first kappa shape index (κ1) is 16.1. The van der Waals surface area contributed by atoms with E-state index in [4.69, 9.17) is 11.6 Å². The minimum Gasteiger partial charge on any atom is -0.423 e. The smallest absolute Gasteiger partial charge is 0.423 e. The Balaban J connectivity index is 2.19. The van der Waals surface area contributed by atoms with Crippen LogP contribution in [0.2, 0.25) is 5.02 Å². The van der Waals surface area contributed by atoms with Gasteiger partial charge in [0.25, 0.3) is 0 Å². The van der Waals surface area contributed by atoms with Crippen LogP contribution >= 0.6 is 11.6 Å². The van der Waals surface area contributed by atoms with E-state index in [1.165, 1.54) is 0 Å². The van der Waals surface area contributed by atoms with Crippen molar-refractivity contribution < 1.29 is 10.0 Å². The highest BCUT2D eigenvalue weighted by atomic mass is 35.5. The van der Waals surface area contributed by atoms with E-state index in [0.29, 0.717) is 12.0 Å². The molecule has 2 rings (SSSR count). The van der Waals surface area contributed by atoms with Crippen molar-refractivity contribution in [1.82, 2.24) is 4.90 Å². The molecule has 3 nitrogen and oxygen atoms in total. The van der Waals surface area contributed by atoms with Crippen molar-refractivity contribution in [3.05, 3.63) is 64.7 Å². The normalized spacial score (nSPS) is 12.5. The largest absolute Gasteiger partial charge is 0.488 e. The third-order valence-corrected chi connectivity index (χ3v) is 4.11. The second-order valence-electron chi connectivity index (χ2n) is 5.19. The topological polar surface area (TPSA) is 43.7 Å².